The molecule has 1 saturated heterocycles. The molecule has 4 heterocycles. The van der Waals surface area contributed by atoms with Gasteiger partial charge in [0.15, 0.2) is 0 Å². The Kier molecular flexibility index (Phi) is 4.32. The van der Waals surface area contributed by atoms with Gasteiger partial charge in [0.2, 0.25) is 0 Å². The topological polar surface area (TPSA) is 53.7 Å². The number of carbonyl (C=O) groups is 1. The maximum atomic E-state index is 13.1. The molecule has 0 aliphatic carbocycles. The van der Waals surface area contributed by atoms with E-state index < -0.39 is 0 Å². The van der Waals surface area contributed by atoms with Crippen molar-refractivity contribution in [3.05, 3.63) is 59.8 Å². The van der Waals surface area contributed by atoms with Crippen LogP contribution in [0.25, 0.3) is 5.65 Å². The Hall–Kier alpha value is -2.89. The number of rotatable bonds is 2. The molecular formula is C20H23N5O. The molecule has 0 aromatic carbocycles. The van der Waals surface area contributed by atoms with Crippen molar-refractivity contribution in [1.29, 1.82) is 0 Å². The molecule has 3 aromatic rings. The minimum atomic E-state index is 0.0268. The maximum Gasteiger partial charge on any atom is 0.274 e. The Morgan fingerprint density at radius 2 is 1.96 bits per heavy atom. The van der Waals surface area contributed by atoms with Crippen LogP contribution in [0.2, 0.25) is 0 Å². The summed E-state index contributed by atoms with van der Waals surface area (Å²) in [6.45, 7) is 7.18. The van der Waals surface area contributed by atoms with Crippen LogP contribution in [0.3, 0.4) is 0 Å². The van der Waals surface area contributed by atoms with Gasteiger partial charge in [-0.1, -0.05) is 6.07 Å². The van der Waals surface area contributed by atoms with E-state index in [-0.39, 0.29) is 5.91 Å². The first-order valence-electron chi connectivity index (χ1n) is 9.04. The molecular weight excluding hydrogens is 326 g/mol. The lowest BCUT2D eigenvalue weighted by atomic mass is 10.3. The van der Waals surface area contributed by atoms with Crippen molar-refractivity contribution in [3.8, 4) is 0 Å². The zero-order chi connectivity index (χ0) is 18.1. The quantitative estimate of drug-likeness (QED) is 0.714. The Morgan fingerprint density at radius 1 is 1.08 bits per heavy atom. The molecule has 1 amide bonds. The van der Waals surface area contributed by atoms with E-state index in [2.05, 4.69) is 20.9 Å². The number of pyridine rings is 2. The second kappa shape index (κ2) is 6.78. The lowest BCUT2D eigenvalue weighted by Crippen LogP contribution is -2.35. The molecule has 0 radical (unpaired) electrons. The summed E-state index contributed by atoms with van der Waals surface area (Å²) < 4.78 is 1.97. The van der Waals surface area contributed by atoms with E-state index in [1.54, 1.807) is 0 Å². The van der Waals surface area contributed by atoms with Gasteiger partial charge in [0.25, 0.3) is 5.91 Å². The van der Waals surface area contributed by atoms with Gasteiger partial charge in [-0.25, -0.2) is 4.98 Å². The summed E-state index contributed by atoms with van der Waals surface area (Å²) in [5.74, 6) is 0.0268. The maximum absolute atomic E-state index is 13.1. The Labute approximate surface area is 153 Å². The average molecular weight is 349 g/mol. The zero-order valence-electron chi connectivity index (χ0n) is 15.2. The number of imidazole rings is 1. The number of fused-ring (bicyclic) bond motifs is 1. The molecule has 26 heavy (non-hydrogen) atoms. The number of aryl methyl sites for hydroxylation is 2. The van der Waals surface area contributed by atoms with Crippen LogP contribution in [0.4, 0.5) is 5.69 Å². The Bertz CT molecular complexity index is 948. The van der Waals surface area contributed by atoms with E-state index in [1.165, 1.54) is 5.69 Å². The van der Waals surface area contributed by atoms with Crippen molar-refractivity contribution in [2.75, 3.05) is 31.1 Å². The van der Waals surface area contributed by atoms with Crippen LogP contribution in [0.5, 0.6) is 0 Å². The van der Waals surface area contributed by atoms with Gasteiger partial charge in [0, 0.05) is 50.0 Å². The summed E-state index contributed by atoms with van der Waals surface area (Å²) in [6, 6.07) is 9.97. The predicted molar refractivity (Wildman–Crippen MR) is 102 cm³/mol. The first-order valence-corrected chi connectivity index (χ1v) is 9.04. The molecule has 0 saturated carbocycles. The van der Waals surface area contributed by atoms with Crippen LogP contribution in [-0.4, -0.2) is 51.4 Å². The SMILES string of the molecule is Cc1cc(N2CCCN(C(=O)c3nc4ccccn4c3C)CC2)ccn1. The highest BCUT2D eigenvalue weighted by molar-refractivity contribution is 5.94. The van der Waals surface area contributed by atoms with Crippen molar-refractivity contribution < 1.29 is 4.79 Å². The normalized spacial score (nSPS) is 15.3. The van der Waals surface area contributed by atoms with Crippen molar-refractivity contribution in [2.24, 2.45) is 0 Å². The monoisotopic (exact) mass is 349 g/mol. The van der Waals surface area contributed by atoms with Gasteiger partial charge in [-0.3, -0.25) is 9.78 Å². The van der Waals surface area contributed by atoms with Crippen LogP contribution < -0.4 is 4.90 Å². The molecule has 0 unspecified atom stereocenters. The van der Waals surface area contributed by atoms with E-state index in [4.69, 9.17) is 0 Å². The second-order valence-corrected chi connectivity index (χ2v) is 6.76. The standard InChI is InChI=1S/C20H23N5O/c1-15-14-17(7-8-21-15)23-9-5-10-24(13-12-23)20(26)19-16(2)25-11-4-3-6-18(25)22-19/h3-4,6-8,11,14H,5,9-10,12-13H2,1-2H3. The van der Waals surface area contributed by atoms with Gasteiger partial charge in [0.1, 0.15) is 11.3 Å². The lowest BCUT2D eigenvalue weighted by molar-refractivity contribution is 0.0761. The molecule has 1 aliphatic heterocycles. The third-order valence-corrected chi connectivity index (χ3v) is 5.00. The fourth-order valence-corrected chi connectivity index (χ4v) is 3.58. The number of aromatic nitrogens is 3. The van der Waals surface area contributed by atoms with Crippen molar-refractivity contribution >= 4 is 17.2 Å². The smallest absolute Gasteiger partial charge is 0.274 e. The molecule has 1 fully saturated rings. The number of anilines is 1. The van der Waals surface area contributed by atoms with Gasteiger partial charge >= 0.3 is 0 Å². The average Bonchev–Trinajstić information content (AvgIpc) is 2.83. The number of nitrogens with zero attached hydrogens (tertiary/aromatic N) is 5. The highest BCUT2D eigenvalue weighted by Crippen LogP contribution is 2.19. The molecule has 3 aromatic heterocycles. The number of amides is 1. The Balaban J connectivity index is 1.53. The van der Waals surface area contributed by atoms with Crippen molar-refractivity contribution in [2.45, 2.75) is 20.3 Å². The highest BCUT2D eigenvalue weighted by atomic mass is 16.2. The van der Waals surface area contributed by atoms with Crippen LogP contribution >= 0.6 is 0 Å². The summed E-state index contributed by atoms with van der Waals surface area (Å²) in [5.41, 5.74) is 4.47. The highest BCUT2D eigenvalue weighted by Gasteiger charge is 2.24. The van der Waals surface area contributed by atoms with Crippen LogP contribution in [0.15, 0.2) is 42.7 Å². The number of carbonyl (C=O) groups excluding carboxylic acids is 1. The summed E-state index contributed by atoms with van der Waals surface area (Å²) in [4.78, 5) is 26.2. The summed E-state index contributed by atoms with van der Waals surface area (Å²) >= 11 is 0. The predicted octanol–water partition coefficient (Wildman–Crippen LogP) is 2.70. The summed E-state index contributed by atoms with van der Waals surface area (Å²) in [6.07, 6.45) is 4.74. The first kappa shape index (κ1) is 16.6. The number of hydrogen-bond acceptors (Lipinski definition) is 4. The van der Waals surface area contributed by atoms with E-state index in [0.717, 1.165) is 43.1 Å². The van der Waals surface area contributed by atoms with Crippen molar-refractivity contribution in [3.63, 3.8) is 0 Å². The van der Waals surface area contributed by atoms with Gasteiger partial charge in [-0.2, -0.15) is 0 Å². The lowest BCUT2D eigenvalue weighted by Gasteiger charge is -2.23. The van der Waals surface area contributed by atoms with Gasteiger partial charge < -0.3 is 14.2 Å². The zero-order valence-corrected chi connectivity index (χ0v) is 15.2. The Morgan fingerprint density at radius 3 is 2.77 bits per heavy atom. The third-order valence-electron chi connectivity index (χ3n) is 5.00. The molecule has 0 atom stereocenters. The minimum Gasteiger partial charge on any atom is -0.370 e. The molecule has 6 heteroatoms. The molecule has 6 nitrogen and oxygen atoms in total. The minimum absolute atomic E-state index is 0.0268. The van der Waals surface area contributed by atoms with E-state index in [9.17, 15) is 4.79 Å². The first-order chi connectivity index (χ1) is 12.6. The largest absolute Gasteiger partial charge is 0.370 e. The van der Waals surface area contributed by atoms with E-state index >= 15 is 0 Å². The van der Waals surface area contributed by atoms with E-state index in [0.29, 0.717) is 12.2 Å². The molecule has 0 bridgehead atoms. The van der Waals surface area contributed by atoms with E-state index in [1.807, 2.05) is 59.8 Å². The van der Waals surface area contributed by atoms with Gasteiger partial charge in [-0.15, -0.1) is 0 Å². The fourth-order valence-electron chi connectivity index (χ4n) is 3.58. The van der Waals surface area contributed by atoms with Crippen LogP contribution in [-0.2, 0) is 0 Å². The fraction of sp³-hybridized carbons (Fsp3) is 0.350. The van der Waals surface area contributed by atoms with Crippen LogP contribution in [0.1, 0.15) is 28.3 Å². The second-order valence-electron chi connectivity index (χ2n) is 6.76. The summed E-state index contributed by atoms with van der Waals surface area (Å²) in [7, 11) is 0. The van der Waals surface area contributed by atoms with Gasteiger partial charge in [-0.05, 0) is 44.5 Å². The summed E-state index contributed by atoms with van der Waals surface area (Å²) in [5, 5.41) is 0. The van der Waals surface area contributed by atoms with Crippen molar-refractivity contribution in [1.82, 2.24) is 19.3 Å². The molecule has 4 rings (SSSR count). The molecule has 0 spiro atoms. The molecule has 0 N–H and O–H groups in total. The van der Waals surface area contributed by atoms with Gasteiger partial charge in [0.05, 0.1) is 5.69 Å². The number of hydrogen-bond donors (Lipinski definition) is 0. The third kappa shape index (κ3) is 3.03. The molecule has 1 aliphatic rings. The molecule has 134 valence electrons. The van der Waals surface area contributed by atoms with Crippen LogP contribution in [0, 0.1) is 13.8 Å².